The molecule has 0 spiro atoms. The van der Waals surface area contributed by atoms with Crippen molar-refractivity contribution in [3.8, 4) is 0 Å². The van der Waals surface area contributed by atoms with Gasteiger partial charge in [-0.1, -0.05) is 96.9 Å². The van der Waals surface area contributed by atoms with E-state index in [-0.39, 0.29) is 23.8 Å². The Bertz CT molecular complexity index is 1600. The molecule has 0 aliphatic carbocycles. The first-order chi connectivity index (χ1) is 20.7. The lowest BCUT2D eigenvalue weighted by molar-refractivity contribution is -0.140. The second-order valence-electron chi connectivity index (χ2n) is 10.3. The van der Waals surface area contributed by atoms with Crippen molar-refractivity contribution >= 4 is 39.1 Å². The fraction of sp³-hybridized carbons (Fsp3) is 0.235. The molecule has 0 radical (unpaired) electrons. The molecule has 0 aliphatic rings. The third-order valence-corrected chi connectivity index (χ3v) is 9.06. The average Bonchev–Trinajstić information content (AvgIpc) is 3.02. The smallest absolute Gasteiger partial charge is 0.264 e. The van der Waals surface area contributed by atoms with Gasteiger partial charge in [-0.05, 0) is 60.9 Å². The number of nitrogens with zero attached hydrogens (tertiary/aromatic N) is 2. The molecule has 0 fully saturated rings. The Labute approximate surface area is 259 Å². The van der Waals surface area contributed by atoms with Crippen LogP contribution in [0.15, 0.2) is 114 Å². The summed E-state index contributed by atoms with van der Waals surface area (Å²) < 4.78 is 29.0. The highest BCUT2D eigenvalue weighted by Crippen LogP contribution is 2.26. The first-order valence-electron chi connectivity index (χ1n) is 14.2. The number of amides is 2. The Kier molecular flexibility index (Phi) is 11.0. The van der Waals surface area contributed by atoms with Crippen LogP contribution in [0.25, 0.3) is 0 Å². The van der Waals surface area contributed by atoms with Gasteiger partial charge in [0.2, 0.25) is 11.8 Å². The Morgan fingerprint density at radius 1 is 0.814 bits per heavy atom. The Balaban J connectivity index is 1.77. The molecule has 4 aromatic rings. The van der Waals surface area contributed by atoms with E-state index in [2.05, 4.69) is 5.32 Å². The number of para-hydroxylation sites is 1. The van der Waals surface area contributed by atoms with E-state index in [1.54, 1.807) is 30.3 Å². The second-order valence-corrected chi connectivity index (χ2v) is 12.6. The van der Waals surface area contributed by atoms with Crippen LogP contribution in [0.3, 0.4) is 0 Å². The number of hydrogen-bond donors (Lipinski definition) is 1. The van der Waals surface area contributed by atoms with Crippen molar-refractivity contribution in [2.75, 3.05) is 17.4 Å². The third kappa shape index (κ3) is 8.46. The lowest BCUT2D eigenvalue weighted by Crippen LogP contribution is -2.53. The number of benzene rings is 4. The zero-order valence-corrected chi connectivity index (χ0v) is 25.9. The van der Waals surface area contributed by atoms with Crippen LogP contribution in [0.1, 0.15) is 30.0 Å². The topological polar surface area (TPSA) is 86.8 Å². The maximum Gasteiger partial charge on any atom is 0.264 e. The Morgan fingerprint density at radius 2 is 1.42 bits per heavy atom. The van der Waals surface area contributed by atoms with Gasteiger partial charge in [0.15, 0.2) is 0 Å². The summed E-state index contributed by atoms with van der Waals surface area (Å²) in [5.74, 6) is -0.799. The highest BCUT2D eigenvalue weighted by atomic mass is 35.5. The molecule has 9 heteroatoms. The maximum absolute atomic E-state index is 14.4. The van der Waals surface area contributed by atoms with E-state index in [0.717, 1.165) is 27.4 Å². The molecule has 0 heterocycles. The minimum atomic E-state index is -4.17. The molecule has 1 N–H and O–H groups in total. The van der Waals surface area contributed by atoms with E-state index in [4.69, 9.17) is 11.6 Å². The highest BCUT2D eigenvalue weighted by Gasteiger charge is 2.34. The van der Waals surface area contributed by atoms with Crippen LogP contribution in [-0.4, -0.2) is 44.3 Å². The van der Waals surface area contributed by atoms with Crippen molar-refractivity contribution < 1.29 is 18.0 Å². The highest BCUT2D eigenvalue weighted by molar-refractivity contribution is 7.92. The standard InChI is InChI=1S/C34H36ClN3O4S/c1-3-22-36-34(40)32(23-27-10-6-4-7-11-27)37(24-28-16-14-26(2)15-17-28)33(39)25-38(30-12-8-5-9-13-30)43(41,42)31-20-18-29(35)19-21-31/h4-21,32H,3,22-25H2,1-2H3,(H,36,40). The summed E-state index contributed by atoms with van der Waals surface area (Å²) in [4.78, 5) is 29.5. The summed E-state index contributed by atoms with van der Waals surface area (Å²) in [7, 11) is -4.17. The SMILES string of the molecule is CCCNC(=O)C(Cc1ccccc1)N(Cc1ccc(C)cc1)C(=O)CN(c1ccccc1)S(=O)(=O)c1ccc(Cl)cc1. The molecular weight excluding hydrogens is 582 g/mol. The van der Waals surface area contributed by atoms with Gasteiger partial charge in [0, 0.05) is 24.5 Å². The van der Waals surface area contributed by atoms with E-state index < -0.39 is 28.5 Å². The van der Waals surface area contributed by atoms with Gasteiger partial charge < -0.3 is 10.2 Å². The van der Waals surface area contributed by atoms with Crippen LogP contribution < -0.4 is 9.62 Å². The third-order valence-electron chi connectivity index (χ3n) is 7.02. The van der Waals surface area contributed by atoms with E-state index >= 15 is 0 Å². The molecule has 0 bridgehead atoms. The van der Waals surface area contributed by atoms with Crippen molar-refractivity contribution in [2.24, 2.45) is 0 Å². The Morgan fingerprint density at radius 3 is 2.02 bits per heavy atom. The fourth-order valence-electron chi connectivity index (χ4n) is 4.67. The number of halogens is 1. The van der Waals surface area contributed by atoms with Crippen LogP contribution >= 0.6 is 11.6 Å². The first-order valence-corrected chi connectivity index (χ1v) is 16.0. The molecular formula is C34H36ClN3O4S. The minimum absolute atomic E-state index is 0.000150. The molecule has 43 heavy (non-hydrogen) atoms. The first kappa shape index (κ1) is 31.8. The zero-order valence-electron chi connectivity index (χ0n) is 24.3. The average molecular weight is 618 g/mol. The van der Waals surface area contributed by atoms with Gasteiger partial charge in [-0.15, -0.1) is 0 Å². The van der Waals surface area contributed by atoms with Gasteiger partial charge in [0.05, 0.1) is 10.6 Å². The van der Waals surface area contributed by atoms with Crippen LogP contribution in [0.5, 0.6) is 0 Å². The maximum atomic E-state index is 14.4. The van der Waals surface area contributed by atoms with Gasteiger partial charge in [-0.3, -0.25) is 13.9 Å². The van der Waals surface area contributed by atoms with Gasteiger partial charge in [-0.2, -0.15) is 0 Å². The number of anilines is 1. The Hall–Kier alpha value is -4.14. The molecule has 0 saturated carbocycles. The predicted molar refractivity (Wildman–Crippen MR) is 171 cm³/mol. The number of carbonyl (C=O) groups excluding carboxylic acids is 2. The molecule has 0 aromatic heterocycles. The quantitative estimate of drug-likeness (QED) is 0.199. The normalized spacial score (nSPS) is 11.9. The summed E-state index contributed by atoms with van der Waals surface area (Å²) in [5, 5.41) is 3.35. The van der Waals surface area contributed by atoms with Gasteiger partial charge in [0.1, 0.15) is 12.6 Å². The van der Waals surface area contributed by atoms with Crippen LogP contribution in [0.2, 0.25) is 5.02 Å². The molecule has 1 atom stereocenters. The van der Waals surface area contributed by atoms with Crippen LogP contribution in [0.4, 0.5) is 5.69 Å². The molecule has 4 rings (SSSR count). The van der Waals surface area contributed by atoms with Crippen molar-refractivity contribution in [1.82, 2.24) is 10.2 Å². The molecule has 2 amide bonds. The lowest BCUT2D eigenvalue weighted by Gasteiger charge is -2.34. The van der Waals surface area contributed by atoms with Crippen molar-refractivity contribution in [2.45, 2.75) is 44.2 Å². The molecule has 224 valence electrons. The monoisotopic (exact) mass is 617 g/mol. The largest absolute Gasteiger partial charge is 0.354 e. The number of hydrogen-bond acceptors (Lipinski definition) is 4. The van der Waals surface area contributed by atoms with Gasteiger partial charge in [-0.25, -0.2) is 8.42 Å². The number of sulfonamides is 1. The van der Waals surface area contributed by atoms with E-state index in [9.17, 15) is 18.0 Å². The van der Waals surface area contributed by atoms with Gasteiger partial charge in [0.25, 0.3) is 10.0 Å². The summed E-state index contributed by atoms with van der Waals surface area (Å²) >= 11 is 6.03. The van der Waals surface area contributed by atoms with Crippen molar-refractivity contribution in [1.29, 1.82) is 0 Å². The van der Waals surface area contributed by atoms with Gasteiger partial charge >= 0.3 is 0 Å². The number of carbonyl (C=O) groups is 2. The molecule has 0 aliphatic heterocycles. The fourth-order valence-corrected chi connectivity index (χ4v) is 6.21. The van der Waals surface area contributed by atoms with Crippen molar-refractivity contribution in [3.63, 3.8) is 0 Å². The molecule has 4 aromatic carbocycles. The molecule has 0 saturated heterocycles. The van der Waals surface area contributed by atoms with E-state index in [0.29, 0.717) is 17.3 Å². The van der Waals surface area contributed by atoms with Crippen LogP contribution in [-0.2, 0) is 32.6 Å². The lowest BCUT2D eigenvalue weighted by atomic mass is 10.0. The zero-order chi connectivity index (χ0) is 30.8. The minimum Gasteiger partial charge on any atom is -0.354 e. The van der Waals surface area contributed by atoms with E-state index in [1.807, 2.05) is 68.4 Å². The van der Waals surface area contributed by atoms with Crippen LogP contribution in [0, 0.1) is 6.92 Å². The predicted octanol–water partition coefficient (Wildman–Crippen LogP) is 6.01. The molecule has 1 unspecified atom stereocenters. The summed E-state index contributed by atoms with van der Waals surface area (Å²) in [6.45, 7) is 4.01. The number of rotatable bonds is 13. The number of nitrogens with one attached hydrogen (secondary N) is 1. The summed E-state index contributed by atoms with van der Waals surface area (Å²) in [5.41, 5.74) is 3.10. The second kappa shape index (κ2) is 14.8. The molecule has 7 nitrogen and oxygen atoms in total. The summed E-state index contributed by atoms with van der Waals surface area (Å²) in [6.07, 6.45) is 1.00. The number of aryl methyl sites for hydroxylation is 1. The summed E-state index contributed by atoms with van der Waals surface area (Å²) in [6, 6.07) is 30.6. The van der Waals surface area contributed by atoms with Crippen molar-refractivity contribution in [3.05, 3.63) is 131 Å². The van der Waals surface area contributed by atoms with E-state index in [1.165, 1.54) is 29.2 Å².